The third-order valence-corrected chi connectivity index (χ3v) is 4.17. The predicted octanol–water partition coefficient (Wildman–Crippen LogP) is 4.91. The number of unbranched alkanes of at least 4 members (excludes halogenated alkanes) is 2. The molecular weight excluding hydrogens is 282 g/mol. The largest absolute Gasteiger partial charge is 0.356 e. The van der Waals surface area contributed by atoms with E-state index in [0.717, 1.165) is 32.2 Å². The summed E-state index contributed by atoms with van der Waals surface area (Å²) in [5, 5.41) is 3.07. The third kappa shape index (κ3) is 5.90. The second kappa shape index (κ2) is 9.83. The molecule has 122 valence electrons. The van der Waals surface area contributed by atoms with Gasteiger partial charge in [-0.25, -0.2) is 0 Å². The van der Waals surface area contributed by atoms with Crippen molar-refractivity contribution < 1.29 is 4.79 Å². The van der Waals surface area contributed by atoms with Crippen LogP contribution in [-0.2, 0) is 4.79 Å². The van der Waals surface area contributed by atoms with Gasteiger partial charge in [0.15, 0.2) is 0 Å². The lowest BCUT2D eigenvalue weighted by Gasteiger charge is -2.18. The Kier molecular flexibility index (Phi) is 7.38. The Bertz CT molecular complexity index is 525. The first kappa shape index (κ1) is 17.3. The molecule has 0 heterocycles. The summed E-state index contributed by atoms with van der Waals surface area (Å²) in [6.07, 6.45) is 4.84. The summed E-state index contributed by atoms with van der Waals surface area (Å²) in [6, 6.07) is 21.1. The summed E-state index contributed by atoms with van der Waals surface area (Å²) in [5.74, 6) is 0.506. The van der Waals surface area contributed by atoms with Crippen molar-refractivity contribution in [2.45, 2.75) is 44.9 Å². The lowest BCUT2D eigenvalue weighted by Crippen LogP contribution is -2.25. The highest BCUT2D eigenvalue weighted by atomic mass is 16.1. The Morgan fingerprint density at radius 2 is 1.48 bits per heavy atom. The highest BCUT2D eigenvalue weighted by Crippen LogP contribution is 2.27. The summed E-state index contributed by atoms with van der Waals surface area (Å²) in [4.78, 5) is 11.9. The molecule has 2 aromatic rings. The molecule has 0 saturated carbocycles. The van der Waals surface area contributed by atoms with Crippen molar-refractivity contribution in [1.29, 1.82) is 0 Å². The smallest absolute Gasteiger partial charge is 0.219 e. The van der Waals surface area contributed by atoms with E-state index >= 15 is 0 Å². The average Bonchev–Trinajstić information content (AvgIpc) is 2.60. The van der Waals surface area contributed by atoms with Crippen LogP contribution in [-0.4, -0.2) is 12.5 Å². The van der Waals surface area contributed by atoms with E-state index in [1.807, 2.05) is 12.1 Å². The van der Waals surface area contributed by atoms with Crippen LogP contribution in [0.1, 0.15) is 56.1 Å². The van der Waals surface area contributed by atoms with Gasteiger partial charge >= 0.3 is 0 Å². The minimum absolute atomic E-state index is 0.179. The number of benzene rings is 2. The Balaban J connectivity index is 1.93. The van der Waals surface area contributed by atoms with Gasteiger partial charge < -0.3 is 5.32 Å². The molecule has 23 heavy (non-hydrogen) atoms. The monoisotopic (exact) mass is 309 g/mol. The van der Waals surface area contributed by atoms with Gasteiger partial charge in [0.25, 0.3) is 0 Å². The highest BCUT2D eigenvalue weighted by molar-refractivity contribution is 5.75. The van der Waals surface area contributed by atoms with Gasteiger partial charge in [-0.1, -0.05) is 80.4 Å². The lowest BCUT2D eigenvalue weighted by atomic mass is 9.88. The Morgan fingerprint density at radius 3 is 2.00 bits per heavy atom. The fraction of sp³-hybridized carbons (Fsp3) is 0.381. The molecule has 0 aliphatic heterocycles. The van der Waals surface area contributed by atoms with E-state index in [0.29, 0.717) is 12.3 Å². The molecule has 0 aliphatic carbocycles. The van der Waals surface area contributed by atoms with Crippen LogP contribution in [0.25, 0.3) is 0 Å². The molecule has 0 bridgehead atoms. The van der Waals surface area contributed by atoms with Crippen LogP contribution in [0.2, 0.25) is 0 Å². The third-order valence-electron chi connectivity index (χ3n) is 4.17. The van der Waals surface area contributed by atoms with Gasteiger partial charge in [-0.2, -0.15) is 0 Å². The van der Waals surface area contributed by atoms with Crippen LogP contribution < -0.4 is 5.32 Å². The van der Waals surface area contributed by atoms with Crippen molar-refractivity contribution in [3.8, 4) is 0 Å². The van der Waals surface area contributed by atoms with Crippen molar-refractivity contribution in [1.82, 2.24) is 5.32 Å². The molecule has 2 heteroatoms. The lowest BCUT2D eigenvalue weighted by molar-refractivity contribution is -0.121. The summed E-state index contributed by atoms with van der Waals surface area (Å²) in [6.45, 7) is 2.88. The summed E-state index contributed by atoms with van der Waals surface area (Å²) in [7, 11) is 0. The first-order valence-electron chi connectivity index (χ1n) is 8.68. The number of rotatable bonds is 9. The van der Waals surface area contributed by atoms with Crippen molar-refractivity contribution in [2.75, 3.05) is 6.54 Å². The Morgan fingerprint density at radius 1 is 0.913 bits per heavy atom. The van der Waals surface area contributed by atoms with Crippen LogP contribution in [0.5, 0.6) is 0 Å². The maximum Gasteiger partial charge on any atom is 0.219 e. The van der Waals surface area contributed by atoms with E-state index in [4.69, 9.17) is 0 Å². The van der Waals surface area contributed by atoms with Gasteiger partial charge in [0.1, 0.15) is 0 Å². The predicted molar refractivity (Wildman–Crippen MR) is 96.5 cm³/mol. The molecule has 0 radical (unpaired) electrons. The second-order valence-electron chi connectivity index (χ2n) is 5.97. The molecule has 1 N–H and O–H groups in total. The Labute approximate surface area is 139 Å². The molecule has 0 saturated heterocycles. The van der Waals surface area contributed by atoms with Gasteiger partial charge in [-0.15, -0.1) is 0 Å². The van der Waals surface area contributed by atoms with Gasteiger partial charge in [0.2, 0.25) is 5.91 Å². The minimum Gasteiger partial charge on any atom is -0.356 e. The SMILES string of the molecule is CCCCCC(=O)NCCC(c1ccccc1)c1ccccc1. The highest BCUT2D eigenvalue weighted by Gasteiger charge is 2.13. The van der Waals surface area contributed by atoms with E-state index in [-0.39, 0.29) is 5.91 Å². The molecule has 0 atom stereocenters. The molecule has 1 amide bonds. The number of carbonyl (C=O) groups is 1. The summed E-state index contributed by atoms with van der Waals surface area (Å²) in [5.41, 5.74) is 2.61. The number of amides is 1. The number of carbonyl (C=O) groups excluding carboxylic acids is 1. The van der Waals surface area contributed by atoms with Crippen LogP contribution >= 0.6 is 0 Å². The Hall–Kier alpha value is -2.09. The summed E-state index contributed by atoms with van der Waals surface area (Å²) >= 11 is 0. The molecule has 0 unspecified atom stereocenters. The normalized spacial score (nSPS) is 10.7. The topological polar surface area (TPSA) is 29.1 Å². The van der Waals surface area contributed by atoms with Crippen molar-refractivity contribution >= 4 is 5.91 Å². The standard InChI is InChI=1S/C21H27NO/c1-2-3-6-15-21(23)22-17-16-20(18-11-7-4-8-12-18)19-13-9-5-10-14-19/h4-5,7-14,20H,2-3,6,15-17H2,1H3,(H,22,23). The van der Waals surface area contributed by atoms with Gasteiger partial charge in [-0.3, -0.25) is 4.79 Å². The maximum absolute atomic E-state index is 11.9. The minimum atomic E-state index is 0.179. The molecular formula is C21H27NO. The molecule has 0 aliphatic rings. The summed E-state index contributed by atoms with van der Waals surface area (Å²) < 4.78 is 0. The van der Waals surface area contributed by atoms with Crippen LogP contribution in [0.3, 0.4) is 0 Å². The van der Waals surface area contributed by atoms with Crippen LogP contribution in [0.15, 0.2) is 60.7 Å². The van der Waals surface area contributed by atoms with Gasteiger partial charge in [0, 0.05) is 18.9 Å². The van der Waals surface area contributed by atoms with E-state index in [1.165, 1.54) is 11.1 Å². The zero-order valence-electron chi connectivity index (χ0n) is 14.0. The average molecular weight is 309 g/mol. The van der Waals surface area contributed by atoms with E-state index in [1.54, 1.807) is 0 Å². The molecule has 0 aromatic heterocycles. The van der Waals surface area contributed by atoms with E-state index in [2.05, 4.69) is 60.8 Å². The second-order valence-corrected chi connectivity index (χ2v) is 5.97. The van der Waals surface area contributed by atoms with Gasteiger partial charge in [0.05, 0.1) is 0 Å². The first-order valence-corrected chi connectivity index (χ1v) is 8.68. The number of nitrogens with one attached hydrogen (secondary N) is 1. The zero-order chi connectivity index (χ0) is 16.3. The molecule has 2 rings (SSSR count). The van der Waals surface area contributed by atoms with Crippen LogP contribution in [0.4, 0.5) is 0 Å². The molecule has 2 nitrogen and oxygen atoms in total. The number of hydrogen-bond acceptors (Lipinski definition) is 1. The van der Waals surface area contributed by atoms with Crippen molar-refractivity contribution in [3.63, 3.8) is 0 Å². The molecule has 2 aromatic carbocycles. The van der Waals surface area contributed by atoms with Crippen molar-refractivity contribution in [3.05, 3.63) is 71.8 Å². The fourth-order valence-corrected chi connectivity index (χ4v) is 2.88. The number of hydrogen-bond donors (Lipinski definition) is 1. The van der Waals surface area contributed by atoms with Crippen molar-refractivity contribution in [2.24, 2.45) is 0 Å². The first-order chi connectivity index (χ1) is 11.3. The zero-order valence-corrected chi connectivity index (χ0v) is 14.0. The quantitative estimate of drug-likeness (QED) is 0.655. The van der Waals surface area contributed by atoms with E-state index < -0.39 is 0 Å². The maximum atomic E-state index is 11.9. The van der Waals surface area contributed by atoms with Gasteiger partial charge in [-0.05, 0) is 24.0 Å². The van der Waals surface area contributed by atoms with Crippen LogP contribution in [0, 0.1) is 0 Å². The molecule has 0 spiro atoms. The van der Waals surface area contributed by atoms with E-state index in [9.17, 15) is 4.79 Å². The molecule has 0 fully saturated rings. The fourth-order valence-electron chi connectivity index (χ4n) is 2.88.